The van der Waals surface area contributed by atoms with Gasteiger partial charge in [0.25, 0.3) is 5.91 Å². The molecule has 4 aromatic rings. The summed E-state index contributed by atoms with van der Waals surface area (Å²) >= 11 is 0. The molecule has 31 heavy (non-hydrogen) atoms. The van der Waals surface area contributed by atoms with E-state index in [1.165, 1.54) is 11.0 Å². The van der Waals surface area contributed by atoms with Crippen molar-refractivity contribution >= 4 is 23.4 Å². The summed E-state index contributed by atoms with van der Waals surface area (Å²) in [7, 11) is 0. The number of aryl methyl sites for hydroxylation is 1. The molecule has 156 valence electrons. The topological polar surface area (TPSA) is 135 Å². The predicted molar refractivity (Wildman–Crippen MR) is 114 cm³/mol. The second kappa shape index (κ2) is 9.39. The lowest BCUT2D eigenvalue weighted by atomic mass is 10.2. The first-order valence-corrected chi connectivity index (χ1v) is 9.56. The number of carbonyl (C=O) groups is 1. The van der Waals surface area contributed by atoms with Crippen LogP contribution in [-0.4, -0.2) is 54.4 Å². The van der Waals surface area contributed by atoms with Gasteiger partial charge < -0.3 is 16.0 Å². The minimum Gasteiger partial charge on any atom is -0.367 e. The molecule has 11 nitrogen and oxygen atoms in total. The van der Waals surface area contributed by atoms with Crippen LogP contribution >= 0.6 is 0 Å². The Kier molecular flexibility index (Phi) is 6.02. The maximum atomic E-state index is 12.4. The Hall–Kier alpha value is -4.41. The first-order chi connectivity index (χ1) is 15.2. The highest BCUT2D eigenvalue weighted by atomic mass is 16.1. The van der Waals surface area contributed by atoms with E-state index in [1.807, 2.05) is 25.1 Å². The number of amides is 1. The number of hydrogen-bond acceptors (Lipinski definition) is 9. The van der Waals surface area contributed by atoms with Crippen LogP contribution in [0.25, 0.3) is 5.69 Å². The van der Waals surface area contributed by atoms with Crippen LogP contribution < -0.4 is 16.0 Å². The zero-order valence-corrected chi connectivity index (χ0v) is 16.7. The summed E-state index contributed by atoms with van der Waals surface area (Å²) in [6, 6.07) is 14.5. The van der Waals surface area contributed by atoms with Gasteiger partial charge in [0.15, 0.2) is 5.82 Å². The standard InChI is InChI=1S/C20H20N10O/c1-14-5-6-17(23-12-14)25-19-8-7-18(26-27-19)21-9-10-22-20(31)15-3-2-4-16(11-15)30-13-24-28-29-30/h2-8,11-13H,9-10H2,1H3,(H,21,26)(H,22,31)(H,23,25,27). The first-order valence-electron chi connectivity index (χ1n) is 9.56. The molecule has 0 unspecified atom stereocenters. The molecule has 11 heteroatoms. The van der Waals surface area contributed by atoms with Crippen molar-refractivity contribution in [3.63, 3.8) is 0 Å². The van der Waals surface area contributed by atoms with Crippen LogP contribution in [0.3, 0.4) is 0 Å². The minimum atomic E-state index is -0.187. The van der Waals surface area contributed by atoms with E-state index in [9.17, 15) is 4.79 Å². The van der Waals surface area contributed by atoms with Gasteiger partial charge in [-0.1, -0.05) is 12.1 Å². The summed E-state index contributed by atoms with van der Waals surface area (Å²) < 4.78 is 1.49. The highest BCUT2D eigenvalue weighted by Crippen LogP contribution is 2.13. The fraction of sp³-hybridized carbons (Fsp3) is 0.150. The number of tetrazole rings is 1. The Bertz CT molecular complexity index is 1130. The summed E-state index contributed by atoms with van der Waals surface area (Å²) in [5.41, 5.74) is 2.32. The SMILES string of the molecule is Cc1ccc(Nc2ccc(NCCNC(=O)c3cccc(-n4cnnn4)c3)nn2)nc1. The molecule has 3 N–H and O–H groups in total. The van der Waals surface area contributed by atoms with E-state index < -0.39 is 0 Å². The molecule has 3 aromatic heterocycles. The van der Waals surface area contributed by atoms with Gasteiger partial charge in [-0.25, -0.2) is 9.67 Å². The number of nitrogens with zero attached hydrogens (tertiary/aromatic N) is 7. The number of carbonyl (C=O) groups excluding carboxylic acids is 1. The fourth-order valence-corrected chi connectivity index (χ4v) is 2.70. The van der Waals surface area contributed by atoms with Crippen molar-refractivity contribution in [2.75, 3.05) is 23.7 Å². The Labute approximate surface area is 177 Å². The molecular weight excluding hydrogens is 396 g/mol. The van der Waals surface area contributed by atoms with E-state index in [0.717, 1.165) is 5.56 Å². The monoisotopic (exact) mass is 416 g/mol. The van der Waals surface area contributed by atoms with Crippen molar-refractivity contribution in [2.45, 2.75) is 6.92 Å². The average Bonchev–Trinajstić information content (AvgIpc) is 3.34. The Balaban J connectivity index is 1.24. The van der Waals surface area contributed by atoms with E-state index in [0.29, 0.717) is 41.8 Å². The number of anilines is 3. The molecule has 1 amide bonds. The maximum Gasteiger partial charge on any atom is 0.251 e. The smallest absolute Gasteiger partial charge is 0.251 e. The summed E-state index contributed by atoms with van der Waals surface area (Å²) in [4.78, 5) is 16.6. The van der Waals surface area contributed by atoms with Gasteiger partial charge in [-0.15, -0.1) is 15.3 Å². The van der Waals surface area contributed by atoms with Crippen LogP contribution in [0.1, 0.15) is 15.9 Å². The van der Waals surface area contributed by atoms with Gasteiger partial charge >= 0.3 is 0 Å². The van der Waals surface area contributed by atoms with Crippen molar-refractivity contribution in [3.05, 3.63) is 72.2 Å². The lowest BCUT2D eigenvalue weighted by Gasteiger charge is -2.09. The van der Waals surface area contributed by atoms with Crippen molar-refractivity contribution in [1.29, 1.82) is 0 Å². The number of rotatable bonds is 8. The fourth-order valence-electron chi connectivity index (χ4n) is 2.70. The molecule has 0 radical (unpaired) electrons. The summed E-state index contributed by atoms with van der Waals surface area (Å²) in [5.74, 6) is 1.72. The molecule has 3 heterocycles. The molecule has 0 spiro atoms. The normalized spacial score (nSPS) is 10.5. The molecule has 4 rings (SSSR count). The number of pyridine rings is 1. The molecule has 1 aromatic carbocycles. The molecule has 0 bridgehead atoms. The van der Waals surface area contributed by atoms with E-state index in [1.54, 1.807) is 36.5 Å². The van der Waals surface area contributed by atoms with Gasteiger partial charge in [-0.2, -0.15) is 0 Å². The molecular formula is C20H20N10O. The van der Waals surface area contributed by atoms with Crippen molar-refractivity contribution in [2.24, 2.45) is 0 Å². The summed E-state index contributed by atoms with van der Waals surface area (Å²) in [5, 5.41) is 28.3. The van der Waals surface area contributed by atoms with Crippen molar-refractivity contribution in [1.82, 2.24) is 40.7 Å². The third-order valence-corrected chi connectivity index (χ3v) is 4.27. The van der Waals surface area contributed by atoms with Crippen LogP contribution in [0.15, 0.2) is 61.1 Å². The molecule has 0 aliphatic heterocycles. The zero-order valence-electron chi connectivity index (χ0n) is 16.7. The average molecular weight is 416 g/mol. The van der Waals surface area contributed by atoms with Crippen molar-refractivity contribution in [3.8, 4) is 5.69 Å². The number of benzene rings is 1. The molecule has 0 saturated carbocycles. The number of nitrogens with one attached hydrogen (secondary N) is 3. The largest absolute Gasteiger partial charge is 0.367 e. The summed E-state index contributed by atoms with van der Waals surface area (Å²) in [6.45, 7) is 2.90. The molecule has 0 atom stereocenters. The van der Waals surface area contributed by atoms with Crippen LogP contribution in [0.5, 0.6) is 0 Å². The highest BCUT2D eigenvalue weighted by molar-refractivity contribution is 5.94. The Morgan fingerprint density at radius 2 is 1.84 bits per heavy atom. The summed E-state index contributed by atoms with van der Waals surface area (Å²) in [6.07, 6.45) is 3.25. The Morgan fingerprint density at radius 1 is 1.00 bits per heavy atom. The molecule has 0 aliphatic carbocycles. The molecule has 0 aliphatic rings. The van der Waals surface area contributed by atoms with Crippen LogP contribution in [-0.2, 0) is 0 Å². The second-order valence-corrected chi connectivity index (χ2v) is 6.64. The van der Waals surface area contributed by atoms with Gasteiger partial charge in [0.2, 0.25) is 0 Å². The lowest BCUT2D eigenvalue weighted by molar-refractivity contribution is 0.0955. The van der Waals surface area contributed by atoms with Crippen LogP contribution in [0.4, 0.5) is 17.5 Å². The highest BCUT2D eigenvalue weighted by Gasteiger charge is 2.07. The molecule has 0 fully saturated rings. The van der Waals surface area contributed by atoms with Gasteiger partial charge in [-0.05, 0) is 59.3 Å². The number of aromatic nitrogens is 7. The quantitative estimate of drug-likeness (QED) is 0.367. The Morgan fingerprint density at radius 3 is 2.58 bits per heavy atom. The van der Waals surface area contributed by atoms with E-state index in [-0.39, 0.29) is 5.91 Å². The minimum absolute atomic E-state index is 0.187. The van der Waals surface area contributed by atoms with Crippen LogP contribution in [0.2, 0.25) is 0 Å². The number of hydrogen-bond donors (Lipinski definition) is 3. The van der Waals surface area contributed by atoms with E-state index in [4.69, 9.17) is 0 Å². The lowest BCUT2D eigenvalue weighted by Crippen LogP contribution is -2.29. The first kappa shape index (κ1) is 19.9. The third-order valence-electron chi connectivity index (χ3n) is 4.27. The zero-order chi connectivity index (χ0) is 21.5. The van der Waals surface area contributed by atoms with Gasteiger partial charge in [0.05, 0.1) is 5.69 Å². The predicted octanol–water partition coefficient (Wildman–Crippen LogP) is 1.74. The third kappa shape index (κ3) is 5.35. The second-order valence-electron chi connectivity index (χ2n) is 6.64. The van der Waals surface area contributed by atoms with Crippen molar-refractivity contribution < 1.29 is 4.79 Å². The van der Waals surface area contributed by atoms with E-state index >= 15 is 0 Å². The van der Waals surface area contributed by atoms with Gasteiger partial charge in [0.1, 0.15) is 18.0 Å². The maximum absolute atomic E-state index is 12.4. The van der Waals surface area contributed by atoms with Gasteiger partial charge in [0, 0.05) is 24.8 Å². The van der Waals surface area contributed by atoms with Gasteiger partial charge in [-0.3, -0.25) is 4.79 Å². The van der Waals surface area contributed by atoms with Crippen LogP contribution in [0, 0.1) is 6.92 Å². The molecule has 0 saturated heterocycles. The van der Waals surface area contributed by atoms with E-state index in [2.05, 4.69) is 46.7 Å².